The highest BCUT2D eigenvalue weighted by Gasteiger charge is 2.39. The van der Waals surface area contributed by atoms with Crippen molar-refractivity contribution in [1.29, 1.82) is 0 Å². The van der Waals surface area contributed by atoms with E-state index in [9.17, 15) is 4.79 Å². The predicted molar refractivity (Wildman–Crippen MR) is 132 cm³/mol. The van der Waals surface area contributed by atoms with Crippen molar-refractivity contribution >= 4 is 56.4 Å². The van der Waals surface area contributed by atoms with Crippen molar-refractivity contribution in [1.82, 2.24) is 4.90 Å². The van der Waals surface area contributed by atoms with Gasteiger partial charge in [0.2, 0.25) is 5.88 Å². The molecule has 5 rings (SSSR count). The fourth-order valence-electron chi connectivity index (χ4n) is 4.40. The molecule has 1 aromatic carbocycles. The lowest BCUT2D eigenvalue weighted by molar-refractivity contribution is -0.124. The molecule has 1 aromatic heterocycles. The lowest BCUT2D eigenvalue weighted by atomic mass is 9.94. The van der Waals surface area contributed by atoms with Gasteiger partial charge in [-0.15, -0.1) is 0 Å². The molecule has 1 aliphatic carbocycles. The fraction of sp³-hybridized carbons (Fsp3) is 0.417. The smallest absolute Gasteiger partial charge is 0.267 e. The van der Waals surface area contributed by atoms with E-state index < -0.39 is 0 Å². The Labute approximate surface area is 200 Å². The molecule has 2 aromatic rings. The quantitative estimate of drug-likeness (QED) is 0.480. The van der Waals surface area contributed by atoms with Gasteiger partial charge in [0.1, 0.15) is 5.76 Å². The first-order valence-electron chi connectivity index (χ1n) is 11.2. The summed E-state index contributed by atoms with van der Waals surface area (Å²) in [6.07, 6.45) is 7.46. The zero-order valence-corrected chi connectivity index (χ0v) is 20.2. The van der Waals surface area contributed by atoms with Crippen molar-refractivity contribution < 1.29 is 13.9 Å². The number of furan rings is 1. The summed E-state index contributed by atoms with van der Waals surface area (Å²) in [5.74, 6) is 1.48. The predicted octanol–water partition coefficient (Wildman–Crippen LogP) is 5.82. The van der Waals surface area contributed by atoms with Crippen molar-refractivity contribution in [3.63, 3.8) is 0 Å². The molecule has 8 heteroatoms. The second-order valence-electron chi connectivity index (χ2n) is 8.21. The molecule has 1 amide bonds. The summed E-state index contributed by atoms with van der Waals surface area (Å²) in [6.45, 7) is 2.96. The van der Waals surface area contributed by atoms with Gasteiger partial charge in [0.25, 0.3) is 5.91 Å². The third kappa shape index (κ3) is 4.67. The largest absolute Gasteiger partial charge is 0.440 e. The number of hydrogen-bond donors (Lipinski definition) is 0. The minimum Gasteiger partial charge on any atom is -0.440 e. The molecule has 6 nitrogen and oxygen atoms in total. The molecule has 0 atom stereocenters. The Morgan fingerprint density at radius 1 is 1.09 bits per heavy atom. The number of hydrogen-bond acceptors (Lipinski definition) is 6. The van der Waals surface area contributed by atoms with Gasteiger partial charge < -0.3 is 14.1 Å². The summed E-state index contributed by atoms with van der Waals surface area (Å²) < 4.78 is 12.5. The average Bonchev–Trinajstić information content (AvgIpc) is 3.34. The number of amides is 1. The van der Waals surface area contributed by atoms with Gasteiger partial charge in [-0.1, -0.05) is 37.5 Å². The number of para-hydroxylation sites is 1. The van der Waals surface area contributed by atoms with Crippen molar-refractivity contribution in [3.8, 4) is 0 Å². The average molecular weight is 516 g/mol. The molecule has 0 radical (unpaired) electrons. The van der Waals surface area contributed by atoms with Crippen molar-refractivity contribution in [2.24, 2.45) is 4.99 Å². The molecule has 32 heavy (non-hydrogen) atoms. The summed E-state index contributed by atoms with van der Waals surface area (Å²) >= 11 is 5.06. The van der Waals surface area contributed by atoms with Gasteiger partial charge in [-0.25, -0.2) is 4.99 Å². The van der Waals surface area contributed by atoms with E-state index in [-0.39, 0.29) is 11.9 Å². The van der Waals surface area contributed by atoms with Crippen LogP contribution in [0.15, 0.2) is 55.2 Å². The summed E-state index contributed by atoms with van der Waals surface area (Å²) in [7, 11) is 0. The SMILES string of the molecule is O=C1/C(=C/c2cc(Br)c(N3CCOCC3)o2)SC(=Nc2ccccc2)N1C1CCCCC1. The number of thioether (sulfide) groups is 1. The monoisotopic (exact) mass is 515 g/mol. The number of amidine groups is 1. The van der Waals surface area contributed by atoms with E-state index in [0.717, 1.165) is 60.0 Å². The Hall–Kier alpha value is -2.03. The van der Waals surface area contributed by atoms with Crippen LogP contribution in [0, 0.1) is 0 Å². The molecule has 168 valence electrons. The van der Waals surface area contributed by atoms with Gasteiger partial charge in [0, 0.05) is 31.3 Å². The Kier molecular flexibility index (Phi) is 6.71. The first-order valence-corrected chi connectivity index (χ1v) is 12.8. The molecule has 1 saturated carbocycles. The van der Waals surface area contributed by atoms with Crippen LogP contribution in [0.4, 0.5) is 11.6 Å². The van der Waals surface area contributed by atoms with Crippen LogP contribution in [0.3, 0.4) is 0 Å². The summed E-state index contributed by atoms with van der Waals surface area (Å²) in [4.78, 5) is 23.0. The number of benzene rings is 1. The van der Waals surface area contributed by atoms with Gasteiger partial charge in [-0.2, -0.15) is 0 Å². The topological polar surface area (TPSA) is 58.3 Å². The zero-order valence-electron chi connectivity index (χ0n) is 17.8. The molecule has 2 aliphatic heterocycles. The van der Waals surface area contributed by atoms with E-state index in [1.165, 1.54) is 18.2 Å². The van der Waals surface area contributed by atoms with Crippen LogP contribution >= 0.6 is 27.7 Å². The fourth-order valence-corrected chi connectivity index (χ4v) is 5.99. The maximum absolute atomic E-state index is 13.5. The van der Waals surface area contributed by atoms with Crippen molar-refractivity contribution in [2.75, 3.05) is 31.2 Å². The van der Waals surface area contributed by atoms with Crippen molar-refractivity contribution in [2.45, 2.75) is 38.1 Å². The lowest BCUT2D eigenvalue weighted by Crippen LogP contribution is -2.40. The summed E-state index contributed by atoms with van der Waals surface area (Å²) in [5, 5.41) is 0.762. The molecule has 2 saturated heterocycles. The van der Waals surface area contributed by atoms with Gasteiger partial charge in [-0.05, 0) is 52.7 Å². The van der Waals surface area contributed by atoms with E-state index in [4.69, 9.17) is 14.1 Å². The standard InChI is InChI=1S/C24H26BrN3O3S/c25-20-15-19(31-23(20)27-11-13-30-14-12-27)16-21-22(29)28(18-9-5-2-6-10-18)24(32-21)26-17-7-3-1-4-8-17/h1,3-4,7-8,15-16,18H,2,5-6,9-14H2/b21-16-,26-24?. The van der Waals surface area contributed by atoms with E-state index in [1.54, 1.807) is 0 Å². The Bertz CT molecular complexity index is 1020. The molecule has 3 fully saturated rings. The number of morpholine rings is 1. The normalized spacial score (nSPS) is 23.0. The molecule has 3 aliphatic rings. The number of aliphatic imine (C=N–C) groups is 1. The molecular weight excluding hydrogens is 490 g/mol. The molecule has 0 N–H and O–H groups in total. The van der Waals surface area contributed by atoms with Gasteiger partial charge in [0.05, 0.1) is 28.3 Å². The first-order chi connectivity index (χ1) is 15.7. The van der Waals surface area contributed by atoms with Gasteiger partial charge >= 0.3 is 0 Å². The minimum atomic E-state index is 0.0250. The number of anilines is 1. The van der Waals surface area contributed by atoms with Crippen LogP contribution in [-0.2, 0) is 9.53 Å². The number of carbonyl (C=O) groups is 1. The number of halogens is 1. The molecule has 0 unspecified atom stereocenters. The number of ether oxygens (including phenoxy) is 1. The Morgan fingerprint density at radius 2 is 1.84 bits per heavy atom. The highest BCUT2D eigenvalue weighted by atomic mass is 79.9. The van der Waals surface area contributed by atoms with Gasteiger partial charge in [-0.3, -0.25) is 9.69 Å². The number of nitrogens with zero attached hydrogens (tertiary/aromatic N) is 3. The van der Waals surface area contributed by atoms with E-state index in [2.05, 4.69) is 20.8 Å². The number of carbonyl (C=O) groups excluding carboxylic acids is 1. The zero-order chi connectivity index (χ0) is 21.9. The van der Waals surface area contributed by atoms with Crippen LogP contribution in [0.1, 0.15) is 37.9 Å². The summed E-state index contributed by atoms with van der Waals surface area (Å²) in [5.41, 5.74) is 0.861. The molecule has 0 bridgehead atoms. The van der Waals surface area contributed by atoms with Gasteiger partial charge in [0.15, 0.2) is 5.17 Å². The van der Waals surface area contributed by atoms with Crippen LogP contribution in [-0.4, -0.2) is 48.3 Å². The van der Waals surface area contributed by atoms with E-state index >= 15 is 0 Å². The molecule has 3 heterocycles. The molecule has 0 spiro atoms. The van der Waals surface area contributed by atoms with Crippen LogP contribution in [0.2, 0.25) is 0 Å². The third-order valence-corrected chi connectivity index (χ3v) is 7.57. The maximum Gasteiger partial charge on any atom is 0.267 e. The second kappa shape index (κ2) is 9.85. The Balaban J connectivity index is 1.44. The summed E-state index contributed by atoms with van der Waals surface area (Å²) in [6, 6.07) is 12.0. The maximum atomic E-state index is 13.5. The van der Waals surface area contributed by atoms with E-state index in [0.29, 0.717) is 23.9 Å². The van der Waals surface area contributed by atoms with E-state index in [1.807, 2.05) is 47.4 Å². The minimum absolute atomic E-state index is 0.0250. The third-order valence-electron chi connectivity index (χ3n) is 6.02. The van der Waals surface area contributed by atoms with Crippen LogP contribution in [0.25, 0.3) is 6.08 Å². The second-order valence-corrected chi connectivity index (χ2v) is 10.1. The Morgan fingerprint density at radius 3 is 2.59 bits per heavy atom. The highest BCUT2D eigenvalue weighted by Crippen LogP contribution is 2.40. The number of rotatable bonds is 4. The van der Waals surface area contributed by atoms with Crippen LogP contribution < -0.4 is 4.90 Å². The van der Waals surface area contributed by atoms with Crippen molar-refractivity contribution in [3.05, 3.63) is 51.5 Å². The molecular formula is C24H26BrN3O3S. The lowest BCUT2D eigenvalue weighted by Gasteiger charge is -2.30. The first kappa shape index (κ1) is 21.8. The van der Waals surface area contributed by atoms with Crippen LogP contribution in [0.5, 0.6) is 0 Å². The highest BCUT2D eigenvalue weighted by molar-refractivity contribution is 9.10.